The van der Waals surface area contributed by atoms with Crippen molar-refractivity contribution < 1.29 is 14.3 Å². The second-order valence-electron chi connectivity index (χ2n) is 5.02. The minimum atomic E-state index is -0.397. The van der Waals surface area contributed by atoms with E-state index in [0.717, 1.165) is 0 Å². The van der Waals surface area contributed by atoms with Crippen LogP contribution in [0.1, 0.15) is 30.0 Å². The molecular weight excluding hydrogens is 275 g/mol. The quantitative estimate of drug-likeness (QED) is 0.870. The first-order valence-electron chi connectivity index (χ1n) is 6.62. The molecule has 0 aliphatic rings. The van der Waals surface area contributed by atoms with Crippen LogP contribution in [0.4, 0.5) is 4.39 Å². The van der Waals surface area contributed by atoms with Gasteiger partial charge in [-0.1, -0.05) is 13.8 Å². The molecule has 0 aliphatic heterocycles. The zero-order valence-electron chi connectivity index (χ0n) is 11.9. The molecule has 1 aromatic heterocycles. The standard InChI is InChI=1S/C14H17FN4O2/c1-9(2)7-16-14(21)13-12(8-20)17-19(18-13)11-5-3-10(15)4-6-11/h3-6,9,20H,7-8H2,1-2H3,(H,16,21). The van der Waals surface area contributed by atoms with Gasteiger partial charge in [-0.15, -0.1) is 10.2 Å². The van der Waals surface area contributed by atoms with Gasteiger partial charge in [0, 0.05) is 6.54 Å². The lowest BCUT2D eigenvalue weighted by Crippen LogP contribution is -2.28. The fourth-order valence-corrected chi connectivity index (χ4v) is 1.69. The molecule has 7 heteroatoms. The minimum absolute atomic E-state index is 0.0717. The molecule has 0 spiro atoms. The van der Waals surface area contributed by atoms with Gasteiger partial charge >= 0.3 is 0 Å². The van der Waals surface area contributed by atoms with E-state index in [-0.39, 0.29) is 23.1 Å². The Kier molecular flexibility index (Phi) is 4.64. The fourth-order valence-electron chi connectivity index (χ4n) is 1.69. The molecule has 21 heavy (non-hydrogen) atoms. The molecular formula is C14H17FN4O2. The van der Waals surface area contributed by atoms with Gasteiger partial charge in [-0.25, -0.2) is 4.39 Å². The van der Waals surface area contributed by atoms with E-state index in [9.17, 15) is 14.3 Å². The average Bonchev–Trinajstić information content (AvgIpc) is 2.89. The van der Waals surface area contributed by atoms with Gasteiger partial charge in [0.15, 0.2) is 5.69 Å². The van der Waals surface area contributed by atoms with Gasteiger partial charge in [-0.3, -0.25) is 4.79 Å². The molecule has 1 aromatic carbocycles. The fraction of sp³-hybridized carbons (Fsp3) is 0.357. The molecule has 2 rings (SSSR count). The Bertz CT molecular complexity index is 622. The number of aromatic nitrogens is 3. The van der Waals surface area contributed by atoms with E-state index in [0.29, 0.717) is 18.2 Å². The molecule has 0 bridgehead atoms. The third kappa shape index (κ3) is 3.63. The van der Waals surface area contributed by atoms with Crippen molar-refractivity contribution in [1.29, 1.82) is 0 Å². The molecule has 0 radical (unpaired) electrons. The summed E-state index contributed by atoms with van der Waals surface area (Å²) in [6.07, 6.45) is 0. The summed E-state index contributed by atoms with van der Waals surface area (Å²) in [5, 5.41) is 20.1. The number of carbonyl (C=O) groups is 1. The van der Waals surface area contributed by atoms with Gasteiger partial charge in [-0.2, -0.15) is 4.80 Å². The predicted octanol–water partition coefficient (Wildman–Crippen LogP) is 1.28. The van der Waals surface area contributed by atoms with Crippen molar-refractivity contribution in [3.63, 3.8) is 0 Å². The summed E-state index contributed by atoms with van der Waals surface area (Å²) >= 11 is 0. The van der Waals surface area contributed by atoms with E-state index in [2.05, 4.69) is 15.5 Å². The van der Waals surface area contributed by atoms with Crippen molar-refractivity contribution in [2.24, 2.45) is 5.92 Å². The van der Waals surface area contributed by atoms with Crippen LogP contribution < -0.4 is 5.32 Å². The third-order valence-corrected chi connectivity index (χ3v) is 2.78. The highest BCUT2D eigenvalue weighted by Crippen LogP contribution is 2.10. The van der Waals surface area contributed by atoms with Gasteiger partial charge in [-0.05, 0) is 30.2 Å². The molecule has 0 atom stereocenters. The van der Waals surface area contributed by atoms with Crippen molar-refractivity contribution in [1.82, 2.24) is 20.3 Å². The number of hydrogen-bond acceptors (Lipinski definition) is 4. The lowest BCUT2D eigenvalue weighted by atomic mass is 10.2. The molecule has 1 amide bonds. The Morgan fingerprint density at radius 1 is 1.33 bits per heavy atom. The number of halogens is 1. The van der Waals surface area contributed by atoms with Crippen LogP contribution in [0.15, 0.2) is 24.3 Å². The number of benzene rings is 1. The van der Waals surface area contributed by atoms with Crippen LogP contribution in [0.2, 0.25) is 0 Å². The Labute approximate surface area is 121 Å². The zero-order valence-corrected chi connectivity index (χ0v) is 11.9. The van der Waals surface area contributed by atoms with Crippen LogP contribution in [0.5, 0.6) is 0 Å². The lowest BCUT2D eigenvalue weighted by Gasteiger charge is -2.05. The Hall–Kier alpha value is -2.28. The first-order valence-corrected chi connectivity index (χ1v) is 6.62. The number of carbonyl (C=O) groups excluding carboxylic acids is 1. The summed E-state index contributed by atoms with van der Waals surface area (Å²) < 4.78 is 12.9. The SMILES string of the molecule is CC(C)CNC(=O)c1nn(-c2ccc(F)cc2)nc1CO. The summed E-state index contributed by atoms with van der Waals surface area (Å²) in [6.45, 7) is 4.06. The number of aliphatic hydroxyl groups excluding tert-OH is 1. The van der Waals surface area contributed by atoms with Crippen molar-refractivity contribution in [3.05, 3.63) is 41.5 Å². The minimum Gasteiger partial charge on any atom is -0.390 e. The van der Waals surface area contributed by atoms with E-state index < -0.39 is 6.61 Å². The van der Waals surface area contributed by atoms with Crippen LogP contribution in [0, 0.1) is 11.7 Å². The first-order chi connectivity index (χ1) is 10.0. The number of amides is 1. The van der Waals surface area contributed by atoms with E-state index in [4.69, 9.17) is 0 Å². The number of nitrogens with one attached hydrogen (secondary N) is 1. The maximum absolute atomic E-state index is 12.9. The lowest BCUT2D eigenvalue weighted by molar-refractivity contribution is 0.0940. The molecule has 2 N–H and O–H groups in total. The van der Waals surface area contributed by atoms with Crippen molar-refractivity contribution in [2.45, 2.75) is 20.5 Å². The second-order valence-corrected chi connectivity index (χ2v) is 5.02. The van der Waals surface area contributed by atoms with Gasteiger partial charge < -0.3 is 10.4 Å². The van der Waals surface area contributed by atoms with E-state index in [1.165, 1.54) is 29.1 Å². The maximum Gasteiger partial charge on any atom is 0.273 e. The summed E-state index contributed by atoms with van der Waals surface area (Å²) in [6, 6.07) is 5.53. The van der Waals surface area contributed by atoms with Crippen molar-refractivity contribution >= 4 is 5.91 Å². The second kappa shape index (κ2) is 6.45. The first kappa shape index (κ1) is 15.1. The van der Waals surface area contributed by atoms with Crippen LogP contribution in [-0.2, 0) is 6.61 Å². The summed E-state index contributed by atoms with van der Waals surface area (Å²) in [4.78, 5) is 13.2. The van der Waals surface area contributed by atoms with Crippen LogP contribution >= 0.6 is 0 Å². The Balaban J connectivity index is 2.26. The van der Waals surface area contributed by atoms with Gasteiger partial charge in [0.05, 0.1) is 12.3 Å². The Morgan fingerprint density at radius 3 is 2.57 bits per heavy atom. The van der Waals surface area contributed by atoms with Gasteiger partial charge in [0.1, 0.15) is 11.5 Å². The topological polar surface area (TPSA) is 80.0 Å². The molecule has 0 saturated carbocycles. The highest BCUT2D eigenvalue weighted by atomic mass is 19.1. The van der Waals surface area contributed by atoms with Gasteiger partial charge in [0.2, 0.25) is 0 Å². The molecule has 112 valence electrons. The predicted molar refractivity (Wildman–Crippen MR) is 74.4 cm³/mol. The van der Waals surface area contributed by atoms with E-state index in [1.807, 2.05) is 13.8 Å². The zero-order chi connectivity index (χ0) is 15.4. The van der Waals surface area contributed by atoms with Crippen LogP contribution in [0.25, 0.3) is 5.69 Å². The normalized spacial score (nSPS) is 10.9. The van der Waals surface area contributed by atoms with Crippen molar-refractivity contribution in [3.8, 4) is 5.69 Å². The molecule has 0 aliphatic carbocycles. The highest BCUT2D eigenvalue weighted by Gasteiger charge is 2.18. The van der Waals surface area contributed by atoms with Crippen LogP contribution in [0.3, 0.4) is 0 Å². The maximum atomic E-state index is 12.9. The monoisotopic (exact) mass is 292 g/mol. The number of nitrogens with zero attached hydrogens (tertiary/aromatic N) is 3. The number of hydrogen-bond donors (Lipinski definition) is 2. The largest absolute Gasteiger partial charge is 0.390 e. The summed E-state index contributed by atoms with van der Waals surface area (Å²) in [5.41, 5.74) is 0.761. The Morgan fingerprint density at radius 2 is 2.00 bits per heavy atom. The number of rotatable bonds is 5. The molecule has 0 unspecified atom stereocenters. The molecule has 1 heterocycles. The highest BCUT2D eigenvalue weighted by molar-refractivity contribution is 5.93. The average molecular weight is 292 g/mol. The smallest absolute Gasteiger partial charge is 0.273 e. The van der Waals surface area contributed by atoms with E-state index in [1.54, 1.807) is 0 Å². The van der Waals surface area contributed by atoms with Crippen LogP contribution in [-0.4, -0.2) is 32.6 Å². The molecule has 0 saturated heterocycles. The number of aliphatic hydroxyl groups is 1. The molecule has 2 aromatic rings. The van der Waals surface area contributed by atoms with E-state index >= 15 is 0 Å². The third-order valence-electron chi connectivity index (χ3n) is 2.78. The summed E-state index contributed by atoms with van der Waals surface area (Å²) in [5.74, 6) is -0.456. The summed E-state index contributed by atoms with van der Waals surface area (Å²) in [7, 11) is 0. The van der Waals surface area contributed by atoms with Crippen molar-refractivity contribution in [2.75, 3.05) is 6.54 Å². The molecule has 6 nitrogen and oxygen atoms in total. The van der Waals surface area contributed by atoms with Gasteiger partial charge in [0.25, 0.3) is 5.91 Å². The molecule has 0 fully saturated rings.